The van der Waals surface area contributed by atoms with Crippen LogP contribution in [0.25, 0.3) is 10.8 Å². The molecule has 1 aliphatic heterocycles. The Morgan fingerprint density at radius 2 is 1.96 bits per heavy atom. The molecule has 1 aromatic heterocycles. The van der Waals surface area contributed by atoms with Crippen molar-refractivity contribution in [2.45, 2.75) is 18.9 Å². The molecule has 132 valence electrons. The molecule has 1 amide bonds. The second-order valence-electron chi connectivity index (χ2n) is 6.38. The third-order valence-electron chi connectivity index (χ3n) is 4.93. The Labute approximate surface area is 156 Å². The Morgan fingerprint density at radius 3 is 2.81 bits per heavy atom. The number of esters is 1. The standard InChI is InChI=1S/C21H19NO3S/c1-25-21(24)20-17-10-12-26-18(17)9-11-22(20)19(23)13-15-7-4-6-14-5-2-3-8-16(14)15/h2-8,10,12,20H,9,11,13H2,1H3. The van der Waals surface area contributed by atoms with E-state index < -0.39 is 6.04 Å². The number of benzene rings is 2. The van der Waals surface area contributed by atoms with Crippen LogP contribution in [0.15, 0.2) is 53.9 Å². The quantitative estimate of drug-likeness (QED) is 0.664. The lowest BCUT2D eigenvalue weighted by Crippen LogP contribution is -2.44. The molecule has 4 rings (SSSR count). The van der Waals surface area contributed by atoms with E-state index in [1.165, 1.54) is 7.11 Å². The number of thiophene rings is 1. The summed E-state index contributed by atoms with van der Waals surface area (Å²) in [6, 6.07) is 15.3. The van der Waals surface area contributed by atoms with Crippen molar-refractivity contribution in [2.24, 2.45) is 0 Å². The number of fused-ring (bicyclic) bond motifs is 2. The first-order valence-electron chi connectivity index (χ1n) is 8.59. The van der Waals surface area contributed by atoms with Crippen molar-refractivity contribution in [3.63, 3.8) is 0 Å². The normalized spacial score (nSPS) is 16.3. The van der Waals surface area contributed by atoms with Gasteiger partial charge in [0.05, 0.1) is 13.5 Å². The molecule has 4 nitrogen and oxygen atoms in total. The minimum Gasteiger partial charge on any atom is -0.467 e. The Hall–Kier alpha value is -2.66. The van der Waals surface area contributed by atoms with Crippen LogP contribution in [0.5, 0.6) is 0 Å². The SMILES string of the molecule is COC(=O)C1c2ccsc2CCN1C(=O)Cc1cccc2ccccc12. The summed E-state index contributed by atoms with van der Waals surface area (Å²) in [5.41, 5.74) is 1.88. The number of amides is 1. The van der Waals surface area contributed by atoms with Crippen LogP contribution >= 0.6 is 11.3 Å². The van der Waals surface area contributed by atoms with Gasteiger partial charge in [-0.05, 0) is 39.8 Å². The van der Waals surface area contributed by atoms with E-state index in [0.717, 1.165) is 33.2 Å². The summed E-state index contributed by atoms with van der Waals surface area (Å²) in [7, 11) is 1.37. The summed E-state index contributed by atoms with van der Waals surface area (Å²) in [4.78, 5) is 28.3. The Bertz CT molecular complexity index is 973. The topological polar surface area (TPSA) is 46.6 Å². The maximum atomic E-state index is 13.1. The molecule has 0 fully saturated rings. The summed E-state index contributed by atoms with van der Waals surface area (Å²) < 4.78 is 4.99. The van der Waals surface area contributed by atoms with Crippen molar-refractivity contribution in [1.82, 2.24) is 4.90 Å². The van der Waals surface area contributed by atoms with Gasteiger partial charge < -0.3 is 9.64 Å². The lowest BCUT2D eigenvalue weighted by molar-refractivity contribution is -0.153. The van der Waals surface area contributed by atoms with Crippen molar-refractivity contribution in [3.05, 3.63) is 69.9 Å². The summed E-state index contributed by atoms with van der Waals surface area (Å²) >= 11 is 1.63. The molecular formula is C21H19NO3S. The second-order valence-corrected chi connectivity index (χ2v) is 7.38. The number of rotatable bonds is 3. The minimum atomic E-state index is -0.641. The van der Waals surface area contributed by atoms with Crippen molar-refractivity contribution < 1.29 is 14.3 Å². The summed E-state index contributed by atoms with van der Waals surface area (Å²) in [6.45, 7) is 0.539. The van der Waals surface area contributed by atoms with Gasteiger partial charge in [-0.3, -0.25) is 4.79 Å². The van der Waals surface area contributed by atoms with Gasteiger partial charge in [0.15, 0.2) is 6.04 Å². The van der Waals surface area contributed by atoms with Crippen molar-refractivity contribution >= 4 is 34.0 Å². The van der Waals surface area contributed by atoms with Crippen LogP contribution in [0.1, 0.15) is 22.0 Å². The van der Waals surface area contributed by atoms with Crippen LogP contribution in [-0.4, -0.2) is 30.4 Å². The number of ether oxygens (including phenoxy) is 1. The molecular weight excluding hydrogens is 346 g/mol. The highest BCUT2D eigenvalue weighted by molar-refractivity contribution is 7.10. The maximum absolute atomic E-state index is 13.1. The summed E-state index contributed by atoms with van der Waals surface area (Å²) in [5, 5.41) is 4.16. The Morgan fingerprint density at radius 1 is 1.15 bits per heavy atom. The van der Waals surface area contributed by atoms with Crippen LogP contribution in [0.2, 0.25) is 0 Å². The first-order chi connectivity index (χ1) is 12.7. The smallest absolute Gasteiger partial charge is 0.333 e. The van der Waals surface area contributed by atoms with E-state index in [1.54, 1.807) is 16.2 Å². The molecule has 2 aromatic carbocycles. The van der Waals surface area contributed by atoms with E-state index in [1.807, 2.05) is 53.9 Å². The Balaban J connectivity index is 1.66. The molecule has 1 aliphatic rings. The van der Waals surface area contributed by atoms with E-state index in [-0.39, 0.29) is 18.3 Å². The van der Waals surface area contributed by atoms with E-state index >= 15 is 0 Å². The number of methoxy groups -OCH3 is 1. The number of hydrogen-bond donors (Lipinski definition) is 0. The average Bonchev–Trinajstić information content (AvgIpc) is 3.15. The zero-order valence-electron chi connectivity index (χ0n) is 14.5. The first-order valence-corrected chi connectivity index (χ1v) is 9.47. The van der Waals surface area contributed by atoms with Gasteiger partial charge >= 0.3 is 5.97 Å². The molecule has 0 saturated carbocycles. The molecule has 5 heteroatoms. The highest BCUT2D eigenvalue weighted by Gasteiger charge is 2.37. The van der Waals surface area contributed by atoms with Crippen molar-refractivity contribution in [3.8, 4) is 0 Å². The zero-order chi connectivity index (χ0) is 18.1. The number of nitrogens with zero attached hydrogens (tertiary/aromatic N) is 1. The summed E-state index contributed by atoms with van der Waals surface area (Å²) in [6.07, 6.45) is 1.05. The van der Waals surface area contributed by atoms with Gasteiger partial charge in [0.25, 0.3) is 0 Å². The van der Waals surface area contributed by atoms with Gasteiger partial charge in [0.2, 0.25) is 5.91 Å². The first kappa shape index (κ1) is 16.8. The van der Waals surface area contributed by atoms with Crippen LogP contribution in [0, 0.1) is 0 Å². The average molecular weight is 365 g/mol. The largest absolute Gasteiger partial charge is 0.467 e. The highest BCUT2D eigenvalue weighted by Crippen LogP contribution is 2.34. The Kier molecular flexibility index (Phi) is 4.47. The third kappa shape index (κ3) is 2.88. The van der Waals surface area contributed by atoms with E-state index in [4.69, 9.17) is 4.74 Å². The second kappa shape index (κ2) is 6.92. The monoisotopic (exact) mass is 365 g/mol. The molecule has 0 spiro atoms. The van der Waals surface area contributed by atoms with Gasteiger partial charge in [-0.2, -0.15) is 0 Å². The number of carbonyl (C=O) groups is 2. The van der Waals surface area contributed by atoms with E-state index in [2.05, 4.69) is 0 Å². The fourth-order valence-electron chi connectivity index (χ4n) is 3.66. The fourth-order valence-corrected chi connectivity index (χ4v) is 4.57. The molecule has 0 bridgehead atoms. The molecule has 1 atom stereocenters. The number of carbonyl (C=O) groups excluding carboxylic acids is 2. The minimum absolute atomic E-state index is 0.0476. The van der Waals surface area contributed by atoms with Crippen molar-refractivity contribution in [1.29, 1.82) is 0 Å². The van der Waals surface area contributed by atoms with Crippen LogP contribution < -0.4 is 0 Å². The molecule has 3 aromatic rings. The summed E-state index contributed by atoms with van der Waals surface area (Å²) in [5.74, 6) is -0.427. The highest BCUT2D eigenvalue weighted by atomic mass is 32.1. The molecule has 0 radical (unpaired) electrons. The van der Waals surface area contributed by atoms with E-state index in [9.17, 15) is 9.59 Å². The molecule has 0 saturated heterocycles. The predicted octanol–water partition coefficient (Wildman–Crippen LogP) is 3.74. The molecule has 0 aliphatic carbocycles. The van der Waals surface area contributed by atoms with Gasteiger partial charge in [-0.25, -0.2) is 4.79 Å². The van der Waals surface area contributed by atoms with Gasteiger partial charge in [-0.1, -0.05) is 42.5 Å². The number of hydrogen-bond acceptors (Lipinski definition) is 4. The van der Waals surface area contributed by atoms with Crippen LogP contribution in [0.3, 0.4) is 0 Å². The van der Waals surface area contributed by atoms with E-state index in [0.29, 0.717) is 6.54 Å². The third-order valence-corrected chi connectivity index (χ3v) is 5.93. The van der Waals surface area contributed by atoms with Crippen molar-refractivity contribution in [2.75, 3.05) is 13.7 Å². The maximum Gasteiger partial charge on any atom is 0.333 e. The lowest BCUT2D eigenvalue weighted by Gasteiger charge is -2.34. The molecule has 2 heterocycles. The van der Waals surface area contributed by atoms with Gasteiger partial charge in [-0.15, -0.1) is 11.3 Å². The van der Waals surface area contributed by atoms with Crippen LogP contribution in [-0.2, 0) is 27.2 Å². The molecule has 1 unspecified atom stereocenters. The van der Waals surface area contributed by atoms with Gasteiger partial charge in [0.1, 0.15) is 0 Å². The van der Waals surface area contributed by atoms with Crippen LogP contribution in [0.4, 0.5) is 0 Å². The molecule has 0 N–H and O–H groups in total. The zero-order valence-corrected chi connectivity index (χ0v) is 15.3. The van der Waals surface area contributed by atoms with Gasteiger partial charge in [0, 0.05) is 11.4 Å². The lowest BCUT2D eigenvalue weighted by atomic mass is 9.97. The predicted molar refractivity (Wildman–Crippen MR) is 102 cm³/mol. The molecule has 26 heavy (non-hydrogen) atoms. The fraction of sp³-hybridized carbons (Fsp3) is 0.238.